The van der Waals surface area contributed by atoms with Gasteiger partial charge in [-0.05, 0) is 77.8 Å². The minimum absolute atomic E-state index is 0.0778. The van der Waals surface area contributed by atoms with Gasteiger partial charge in [-0.2, -0.15) is 17.6 Å². The van der Waals surface area contributed by atoms with Gasteiger partial charge in [0, 0.05) is 28.2 Å². The van der Waals surface area contributed by atoms with E-state index in [1.165, 1.54) is 36.5 Å². The molecule has 0 aliphatic carbocycles. The smallest absolute Gasteiger partial charge is 0.411 e. The highest BCUT2D eigenvalue weighted by molar-refractivity contribution is 9.10. The fraction of sp³-hybridized carbons (Fsp3) is 0.148. The number of hydrogen-bond donors (Lipinski definition) is 2. The van der Waals surface area contributed by atoms with Crippen LogP contribution in [0.1, 0.15) is 29.3 Å². The van der Waals surface area contributed by atoms with Crippen molar-refractivity contribution in [1.82, 2.24) is 14.1 Å². The molecule has 39 heavy (non-hydrogen) atoms. The number of rotatable bonds is 3. The molecule has 5 rings (SSSR count). The lowest BCUT2D eigenvalue weighted by atomic mass is 9.98. The van der Waals surface area contributed by atoms with Gasteiger partial charge < -0.3 is 10.8 Å². The van der Waals surface area contributed by atoms with Crippen LogP contribution >= 0.6 is 15.9 Å². The molecule has 0 spiro atoms. The fourth-order valence-corrected chi connectivity index (χ4v) is 5.71. The second-order valence-electron chi connectivity index (χ2n) is 8.88. The summed E-state index contributed by atoms with van der Waals surface area (Å²) in [4.78, 5) is 23.6. The fourth-order valence-electron chi connectivity index (χ4n) is 4.05. The number of hydrogen-bond acceptors (Lipinski definition) is 6. The van der Waals surface area contributed by atoms with E-state index < -0.39 is 28.0 Å². The topological polar surface area (TPSA) is 136 Å². The first kappa shape index (κ1) is 28.0. The lowest BCUT2D eigenvalue weighted by molar-refractivity contribution is -0.116. The van der Waals surface area contributed by atoms with Crippen LogP contribution in [0, 0.1) is 19.7 Å². The Bertz CT molecular complexity index is 1700. The van der Waals surface area contributed by atoms with Crippen molar-refractivity contribution in [2.24, 2.45) is 0 Å². The molecule has 3 aromatic carbocycles. The van der Waals surface area contributed by atoms with Gasteiger partial charge in [0.15, 0.2) is 5.78 Å². The van der Waals surface area contributed by atoms with Crippen molar-refractivity contribution in [1.29, 1.82) is 0 Å². The molecule has 0 saturated heterocycles. The van der Waals surface area contributed by atoms with Gasteiger partial charge in [0.1, 0.15) is 5.82 Å². The van der Waals surface area contributed by atoms with Crippen molar-refractivity contribution in [3.8, 4) is 0 Å². The summed E-state index contributed by atoms with van der Waals surface area (Å²) >= 11 is 3.35. The molecule has 0 bridgehead atoms. The van der Waals surface area contributed by atoms with Crippen LogP contribution in [0.2, 0.25) is 0 Å². The molecule has 3 N–H and O–H groups in total. The zero-order valence-corrected chi connectivity index (χ0v) is 23.3. The van der Waals surface area contributed by atoms with Gasteiger partial charge in [0.25, 0.3) is 10.0 Å². The molecular formula is C27H24BrFN4O5S. The maximum absolute atomic E-state index is 12.8. The molecule has 0 unspecified atom stereocenters. The number of benzene rings is 3. The molecule has 1 amide bonds. The Morgan fingerprint density at radius 2 is 1.74 bits per heavy atom. The normalized spacial score (nSPS) is 15.2. The molecule has 1 aliphatic rings. The maximum atomic E-state index is 12.8. The van der Waals surface area contributed by atoms with Crippen molar-refractivity contribution in [3.63, 3.8) is 0 Å². The summed E-state index contributed by atoms with van der Waals surface area (Å²) in [5.41, 5.74) is 9.05. The minimum atomic E-state index is -3.76. The zero-order valence-electron chi connectivity index (χ0n) is 20.9. The van der Waals surface area contributed by atoms with E-state index >= 15 is 0 Å². The molecular weight excluding hydrogens is 591 g/mol. The van der Waals surface area contributed by atoms with Crippen molar-refractivity contribution in [2.45, 2.75) is 31.2 Å². The highest BCUT2D eigenvalue weighted by Gasteiger charge is 2.28. The lowest BCUT2D eigenvalue weighted by Crippen LogP contribution is -2.33. The van der Waals surface area contributed by atoms with Gasteiger partial charge in [0.05, 0.1) is 22.1 Å². The molecule has 4 aromatic rings. The first-order valence-electron chi connectivity index (χ1n) is 11.6. The average molecular weight is 615 g/mol. The summed E-state index contributed by atoms with van der Waals surface area (Å²) in [6, 6.07) is 15.0. The van der Waals surface area contributed by atoms with Crippen LogP contribution in [-0.2, 0) is 14.8 Å². The number of allylic oxidation sites excluding steroid dienone is 1. The lowest BCUT2D eigenvalue weighted by Gasteiger charge is -2.28. The molecule has 0 saturated carbocycles. The SMILES string of the molecule is Cc1ccc(S(=O)(=O)n2nc(C)c3cc(Br)c(N)cc32)cc1.O=C1C=CN(C(=O)O)[C@H](c2ccc(F)cc2)C1. The summed E-state index contributed by atoms with van der Waals surface area (Å²) < 4.78 is 40.2. The van der Waals surface area contributed by atoms with Gasteiger partial charge in [-0.25, -0.2) is 9.18 Å². The van der Waals surface area contributed by atoms with Crippen LogP contribution in [0.5, 0.6) is 0 Å². The van der Waals surface area contributed by atoms with Crippen LogP contribution in [0.3, 0.4) is 0 Å². The third-order valence-corrected chi connectivity index (χ3v) is 8.41. The van der Waals surface area contributed by atoms with E-state index in [0.29, 0.717) is 22.5 Å². The van der Waals surface area contributed by atoms with Crippen molar-refractivity contribution in [3.05, 3.63) is 100 Å². The number of nitrogens with two attached hydrogens (primary N) is 1. The van der Waals surface area contributed by atoms with Gasteiger partial charge in [-0.3, -0.25) is 9.69 Å². The second kappa shape index (κ2) is 11.0. The Balaban J connectivity index is 0.000000187. The molecule has 202 valence electrons. The molecule has 2 heterocycles. The van der Waals surface area contributed by atoms with Crippen LogP contribution in [-0.4, -0.2) is 39.5 Å². The second-order valence-corrected chi connectivity index (χ2v) is 11.5. The number of halogens is 2. The van der Waals surface area contributed by atoms with Crippen LogP contribution < -0.4 is 5.73 Å². The van der Waals surface area contributed by atoms with E-state index in [9.17, 15) is 22.4 Å². The summed E-state index contributed by atoms with van der Waals surface area (Å²) in [5.74, 6) is -0.537. The summed E-state index contributed by atoms with van der Waals surface area (Å²) in [6.45, 7) is 3.67. The number of fused-ring (bicyclic) bond motifs is 1. The number of ketones is 1. The van der Waals surface area contributed by atoms with Gasteiger partial charge in [0.2, 0.25) is 0 Å². The number of aryl methyl sites for hydroxylation is 2. The molecule has 0 fully saturated rings. The van der Waals surface area contributed by atoms with Gasteiger partial charge in [-0.15, -0.1) is 0 Å². The number of nitrogen functional groups attached to an aromatic ring is 1. The third-order valence-electron chi connectivity index (χ3n) is 6.13. The van der Waals surface area contributed by atoms with Crippen LogP contribution in [0.15, 0.2) is 82.3 Å². The first-order chi connectivity index (χ1) is 18.4. The van der Waals surface area contributed by atoms with E-state index in [2.05, 4.69) is 21.0 Å². The number of carbonyl (C=O) groups excluding carboxylic acids is 1. The van der Waals surface area contributed by atoms with E-state index in [1.807, 2.05) is 6.92 Å². The van der Waals surface area contributed by atoms with Crippen molar-refractivity contribution >= 4 is 54.4 Å². The molecule has 1 atom stereocenters. The summed E-state index contributed by atoms with van der Waals surface area (Å²) in [6.07, 6.45) is 1.41. The summed E-state index contributed by atoms with van der Waals surface area (Å²) in [5, 5.41) is 13.9. The Morgan fingerprint density at radius 1 is 1.10 bits per heavy atom. The maximum Gasteiger partial charge on any atom is 0.411 e. The number of amides is 1. The third kappa shape index (κ3) is 5.86. The zero-order chi connectivity index (χ0) is 28.5. The predicted octanol–water partition coefficient (Wildman–Crippen LogP) is 5.57. The Labute approximate surface area is 232 Å². The standard InChI is InChI=1S/C15H14BrN3O2S.C12H10FNO3/c1-9-3-5-11(6-4-9)22(20,21)19-15-8-14(17)13(16)7-12(15)10(2)18-19;13-9-3-1-8(2-4-9)11-7-10(15)5-6-14(11)12(16)17/h3-8H,17H2,1-2H3;1-6,11H,7H2,(H,16,17)/t;11-/m.0/s1. The molecule has 0 radical (unpaired) electrons. The largest absolute Gasteiger partial charge is 0.465 e. The number of carbonyl (C=O) groups is 2. The predicted molar refractivity (Wildman–Crippen MR) is 148 cm³/mol. The Kier molecular flexibility index (Phi) is 7.89. The number of nitrogens with zero attached hydrogens (tertiary/aromatic N) is 3. The Hall–Kier alpha value is -4.03. The van der Waals surface area contributed by atoms with Gasteiger partial charge in [-0.1, -0.05) is 29.8 Å². The Morgan fingerprint density at radius 3 is 2.36 bits per heavy atom. The van der Waals surface area contributed by atoms with Crippen molar-refractivity contribution in [2.75, 3.05) is 5.73 Å². The first-order valence-corrected chi connectivity index (χ1v) is 13.9. The highest BCUT2D eigenvalue weighted by Crippen LogP contribution is 2.31. The van der Waals surface area contributed by atoms with Gasteiger partial charge >= 0.3 is 6.09 Å². The van der Waals surface area contributed by atoms with Crippen molar-refractivity contribution < 1.29 is 27.5 Å². The van der Waals surface area contributed by atoms with E-state index in [0.717, 1.165) is 24.4 Å². The number of anilines is 1. The number of carboxylic acid groups (broad SMARTS) is 1. The van der Waals surface area contributed by atoms with E-state index in [1.54, 1.807) is 43.3 Å². The minimum Gasteiger partial charge on any atom is -0.465 e. The van der Waals surface area contributed by atoms with E-state index in [4.69, 9.17) is 10.8 Å². The quantitative estimate of drug-likeness (QED) is 0.288. The molecule has 12 heteroatoms. The van der Waals surface area contributed by atoms with Crippen LogP contribution in [0.4, 0.5) is 14.9 Å². The van der Waals surface area contributed by atoms with E-state index in [-0.39, 0.29) is 17.1 Å². The molecule has 9 nitrogen and oxygen atoms in total. The highest BCUT2D eigenvalue weighted by atomic mass is 79.9. The molecule has 1 aliphatic heterocycles. The average Bonchev–Trinajstić information content (AvgIpc) is 3.21. The monoisotopic (exact) mass is 614 g/mol. The van der Waals surface area contributed by atoms with Crippen LogP contribution in [0.25, 0.3) is 10.9 Å². The number of aromatic nitrogens is 2. The summed E-state index contributed by atoms with van der Waals surface area (Å²) in [7, 11) is -3.76. The molecule has 1 aromatic heterocycles.